The van der Waals surface area contributed by atoms with Gasteiger partial charge in [-0.15, -0.1) is 0 Å². The first-order chi connectivity index (χ1) is 11.4. The summed E-state index contributed by atoms with van der Waals surface area (Å²) in [6.45, 7) is 12.8. The van der Waals surface area contributed by atoms with Crippen molar-refractivity contribution in [3.05, 3.63) is 69.9 Å². The Kier molecular flexibility index (Phi) is 4.23. The van der Waals surface area contributed by atoms with E-state index in [1.165, 1.54) is 38.9 Å². The van der Waals surface area contributed by atoms with Crippen LogP contribution in [-0.4, -0.2) is 9.97 Å². The molecule has 0 radical (unpaired) electrons. The van der Waals surface area contributed by atoms with Gasteiger partial charge in [0.15, 0.2) is 5.82 Å². The van der Waals surface area contributed by atoms with Gasteiger partial charge in [0.1, 0.15) is 0 Å². The van der Waals surface area contributed by atoms with Crippen LogP contribution in [0.15, 0.2) is 36.5 Å². The molecule has 0 N–H and O–H groups in total. The Labute approximate surface area is 144 Å². The Morgan fingerprint density at radius 2 is 1.08 bits per heavy atom. The average Bonchev–Trinajstić information content (AvgIpc) is 2.45. The fourth-order valence-electron chi connectivity index (χ4n) is 3.74. The molecule has 3 aromatic rings. The number of nitrogens with zero attached hydrogens (tertiary/aromatic N) is 2. The van der Waals surface area contributed by atoms with Crippen LogP contribution in [0.4, 0.5) is 0 Å². The van der Waals surface area contributed by atoms with Gasteiger partial charge in [-0.05, 0) is 69.9 Å². The third-order valence-electron chi connectivity index (χ3n) is 4.49. The molecule has 0 bridgehead atoms. The van der Waals surface area contributed by atoms with Gasteiger partial charge in [-0.3, -0.25) is 0 Å². The largest absolute Gasteiger partial charge is 0.237 e. The Morgan fingerprint density at radius 3 is 1.58 bits per heavy atom. The zero-order valence-electron chi connectivity index (χ0n) is 15.4. The van der Waals surface area contributed by atoms with Gasteiger partial charge in [-0.2, -0.15) is 0 Å². The highest BCUT2D eigenvalue weighted by Crippen LogP contribution is 2.30. The maximum Gasteiger partial charge on any atom is 0.160 e. The number of rotatable bonds is 2. The van der Waals surface area contributed by atoms with Gasteiger partial charge in [0.2, 0.25) is 0 Å². The minimum absolute atomic E-state index is 0.807. The van der Waals surface area contributed by atoms with Crippen molar-refractivity contribution in [2.24, 2.45) is 0 Å². The van der Waals surface area contributed by atoms with E-state index >= 15 is 0 Å². The van der Waals surface area contributed by atoms with Crippen molar-refractivity contribution in [2.75, 3.05) is 0 Å². The second kappa shape index (κ2) is 6.20. The quantitative estimate of drug-likeness (QED) is 0.609. The molecule has 2 aromatic carbocycles. The van der Waals surface area contributed by atoms with E-state index < -0.39 is 0 Å². The number of aryl methyl sites for hydroxylation is 6. The number of hydrogen-bond donors (Lipinski definition) is 0. The molecule has 0 aliphatic heterocycles. The van der Waals surface area contributed by atoms with Crippen LogP contribution in [0.25, 0.3) is 22.6 Å². The fourth-order valence-corrected chi connectivity index (χ4v) is 3.74. The molecule has 0 aliphatic carbocycles. The van der Waals surface area contributed by atoms with Crippen LogP contribution in [0.5, 0.6) is 0 Å². The Bertz CT molecular complexity index is 804. The predicted molar refractivity (Wildman–Crippen MR) is 101 cm³/mol. The lowest BCUT2D eigenvalue weighted by atomic mass is 9.96. The molecule has 24 heavy (non-hydrogen) atoms. The zero-order chi connectivity index (χ0) is 17.4. The molecule has 2 heteroatoms. The van der Waals surface area contributed by atoms with E-state index in [2.05, 4.69) is 70.8 Å². The van der Waals surface area contributed by atoms with E-state index in [1.54, 1.807) is 0 Å². The first-order valence-corrected chi connectivity index (χ1v) is 8.36. The van der Waals surface area contributed by atoms with Gasteiger partial charge in [0.25, 0.3) is 0 Å². The van der Waals surface area contributed by atoms with E-state index in [-0.39, 0.29) is 0 Å². The van der Waals surface area contributed by atoms with Gasteiger partial charge < -0.3 is 0 Å². The summed E-state index contributed by atoms with van der Waals surface area (Å²) < 4.78 is 0. The van der Waals surface area contributed by atoms with Crippen molar-refractivity contribution in [1.82, 2.24) is 9.97 Å². The molecule has 0 atom stereocenters. The molecular formula is C22H24N2. The van der Waals surface area contributed by atoms with Crippen LogP contribution in [-0.2, 0) is 0 Å². The molecule has 1 aromatic heterocycles. The molecule has 1 heterocycles. The van der Waals surface area contributed by atoms with Crippen molar-refractivity contribution >= 4 is 0 Å². The molecule has 2 nitrogen and oxygen atoms in total. The molecule has 0 aliphatic rings. The maximum absolute atomic E-state index is 4.90. The molecular weight excluding hydrogens is 292 g/mol. The molecule has 3 rings (SSSR count). The van der Waals surface area contributed by atoms with Crippen molar-refractivity contribution in [3.8, 4) is 22.6 Å². The lowest BCUT2D eigenvalue weighted by Crippen LogP contribution is -1.99. The van der Waals surface area contributed by atoms with E-state index in [0.29, 0.717) is 0 Å². The first kappa shape index (κ1) is 16.4. The smallest absolute Gasteiger partial charge is 0.160 e. The van der Waals surface area contributed by atoms with Crippen LogP contribution in [0.2, 0.25) is 0 Å². The van der Waals surface area contributed by atoms with E-state index in [4.69, 9.17) is 4.98 Å². The standard InChI is InChI=1S/C22H24N2/c1-13-9-15(3)20(16(4)10-13)19-7-8-23-22(24-19)21-17(5)11-14(2)12-18(21)6/h7-12H,1-6H3. The van der Waals surface area contributed by atoms with Gasteiger partial charge >= 0.3 is 0 Å². The van der Waals surface area contributed by atoms with Crippen molar-refractivity contribution in [2.45, 2.75) is 41.5 Å². The van der Waals surface area contributed by atoms with Gasteiger partial charge in [0.05, 0.1) is 5.69 Å². The summed E-state index contributed by atoms with van der Waals surface area (Å²) in [4.78, 5) is 9.46. The third-order valence-corrected chi connectivity index (χ3v) is 4.49. The Hall–Kier alpha value is -2.48. The first-order valence-electron chi connectivity index (χ1n) is 8.36. The van der Waals surface area contributed by atoms with Crippen LogP contribution < -0.4 is 0 Å². The minimum atomic E-state index is 0.807. The normalized spacial score (nSPS) is 10.9. The highest BCUT2D eigenvalue weighted by atomic mass is 14.9. The van der Waals surface area contributed by atoms with Crippen LogP contribution >= 0.6 is 0 Å². The lowest BCUT2D eigenvalue weighted by Gasteiger charge is -2.14. The molecule has 122 valence electrons. The maximum atomic E-state index is 4.90. The Morgan fingerprint density at radius 1 is 0.625 bits per heavy atom. The van der Waals surface area contributed by atoms with E-state index in [1.807, 2.05) is 12.3 Å². The minimum Gasteiger partial charge on any atom is -0.237 e. The summed E-state index contributed by atoms with van der Waals surface area (Å²) in [6, 6.07) is 10.8. The predicted octanol–water partition coefficient (Wildman–Crippen LogP) is 5.66. The SMILES string of the molecule is Cc1cc(C)c(-c2ccnc(-c3c(C)cc(C)cc3C)n2)c(C)c1. The van der Waals surface area contributed by atoms with Crippen molar-refractivity contribution < 1.29 is 0 Å². The summed E-state index contributed by atoms with van der Waals surface area (Å²) in [7, 11) is 0. The molecule has 0 saturated carbocycles. The van der Waals surface area contributed by atoms with Crippen LogP contribution in [0.1, 0.15) is 33.4 Å². The lowest BCUT2D eigenvalue weighted by molar-refractivity contribution is 1.15. The molecule has 0 unspecified atom stereocenters. The number of benzene rings is 2. The summed E-state index contributed by atoms with van der Waals surface area (Å²) >= 11 is 0. The summed E-state index contributed by atoms with van der Waals surface area (Å²) in [5.41, 5.74) is 10.9. The monoisotopic (exact) mass is 316 g/mol. The highest BCUT2D eigenvalue weighted by Gasteiger charge is 2.13. The molecule has 0 saturated heterocycles. The van der Waals surface area contributed by atoms with Gasteiger partial charge in [0, 0.05) is 17.3 Å². The van der Waals surface area contributed by atoms with Crippen LogP contribution in [0.3, 0.4) is 0 Å². The third kappa shape index (κ3) is 2.96. The zero-order valence-corrected chi connectivity index (χ0v) is 15.4. The summed E-state index contributed by atoms with van der Waals surface area (Å²) in [5.74, 6) is 0.807. The fraction of sp³-hybridized carbons (Fsp3) is 0.273. The molecule has 0 fully saturated rings. The summed E-state index contributed by atoms with van der Waals surface area (Å²) in [6.07, 6.45) is 1.87. The second-order valence-corrected chi connectivity index (χ2v) is 6.81. The highest BCUT2D eigenvalue weighted by molar-refractivity contribution is 5.72. The molecule has 0 spiro atoms. The molecule has 0 amide bonds. The van der Waals surface area contributed by atoms with Crippen molar-refractivity contribution in [3.63, 3.8) is 0 Å². The topological polar surface area (TPSA) is 25.8 Å². The van der Waals surface area contributed by atoms with Crippen LogP contribution in [0, 0.1) is 41.5 Å². The van der Waals surface area contributed by atoms with Gasteiger partial charge in [-0.25, -0.2) is 9.97 Å². The van der Waals surface area contributed by atoms with E-state index in [0.717, 1.165) is 17.1 Å². The Balaban J connectivity index is 2.19. The number of hydrogen-bond acceptors (Lipinski definition) is 2. The van der Waals surface area contributed by atoms with Gasteiger partial charge in [-0.1, -0.05) is 35.4 Å². The number of aromatic nitrogens is 2. The van der Waals surface area contributed by atoms with E-state index in [9.17, 15) is 0 Å². The van der Waals surface area contributed by atoms with Crippen molar-refractivity contribution in [1.29, 1.82) is 0 Å². The second-order valence-electron chi connectivity index (χ2n) is 6.81. The summed E-state index contributed by atoms with van der Waals surface area (Å²) in [5, 5.41) is 0. The average molecular weight is 316 g/mol.